The fourth-order valence-corrected chi connectivity index (χ4v) is 3.02. The molecule has 0 fully saturated rings. The van der Waals surface area contributed by atoms with Gasteiger partial charge in [0.15, 0.2) is 6.61 Å². The third-order valence-electron chi connectivity index (χ3n) is 4.25. The molecule has 0 saturated carbocycles. The molecule has 3 nitrogen and oxygen atoms in total. The molecule has 1 aliphatic rings. The Bertz CT molecular complexity index is 472. The van der Waals surface area contributed by atoms with E-state index >= 15 is 0 Å². The van der Waals surface area contributed by atoms with Gasteiger partial charge < -0.3 is 9.84 Å². The Balaban J connectivity index is 2.62. The van der Waals surface area contributed by atoms with Gasteiger partial charge in [0.1, 0.15) is 5.60 Å². The fraction of sp³-hybridized carbons (Fsp3) is 0.722. The summed E-state index contributed by atoms with van der Waals surface area (Å²) in [6.45, 7) is 9.88. The predicted octanol–water partition coefficient (Wildman–Crippen LogP) is 3.61. The van der Waals surface area contributed by atoms with E-state index in [1.807, 2.05) is 0 Å². The third kappa shape index (κ3) is 5.93. The average molecular weight is 292 g/mol. The van der Waals surface area contributed by atoms with Gasteiger partial charge in [0, 0.05) is 6.92 Å². The minimum atomic E-state index is -1.04. The summed E-state index contributed by atoms with van der Waals surface area (Å²) in [6, 6.07) is 0. The smallest absolute Gasteiger partial charge is 0.303 e. The van der Waals surface area contributed by atoms with Crippen molar-refractivity contribution in [3.05, 3.63) is 11.1 Å². The highest BCUT2D eigenvalue weighted by Crippen LogP contribution is 2.42. The molecule has 21 heavy (non-hydrogen) atoms. The number of esters is 1. The van der Waals surface area contributed by atoms with Gasteiger partial charge in [-0.15, -0.1) is 0 Å². The molecule has 0 aliphatic heterocycles. The van der Waals surface area contributed by atoms with Crippen molar-refractivity contribution in [3.63, 3.8) is 0 Å². The Kier molecular flexibility index (Phi) is 6.04. The highest BCUT2D eigenvalue weighted by atomic mass is 16.5. The molecule has 1 atom stereocenters. The molecule has 0 saturated heterocycles. The molecule has 0 aromatic heterocycles. The average Bonchev–Trinajstić information content (AvgIpc) is 2.33. The van der Waals surface area contributed by atoms with Crippen molar-refractivity contribution in [1.29, 1.82) is 0 Å². The minimum absolute atomic E-state index is 0.0404. The molecular formula is C18H28O3. The first-order valence-electron chi connectivity index (χ1n) is 7.69. The Morgan fingerprint density at radius 1 is 1.48 bits per heavy atom. The van der Waals surface area contributed by atoms with E-state index in [2.05, 4.69) is 32.6 Å². The first-order valence-corrected chi connectivity index (χ1v) is 7.69. The maximum atomic E-state index is 10.6. The number of carbonyl (C=O) groups excluding carboxylic acids is 1. The third-order valence-corrected chi connectivity index (χ3v) is 4.25. The molecular weight excluding hydrogens is 264 g/mol. The number of carbonyl (C=O) groups is 1. The lowest BCUT2D eigenvalue weighted by Gasteiger charge is -2.35. The molecule has 1 rings (SSSR count). The minimum Gasteiger partial charge on any atom is -0.453 e. The maximum Gasteiger partial charge on any atom is 0.303 e. The van der Waals surface area contributed by atoms with Crippen LogP contribution in [-0.2, 0) is 9.53 Å². The van der Waals surface area contributed by atoms with Crippen LogP contribution in [0.4, 0.5) is 0 Å². The summed E-state index contributed by atoms with van der Waals surface area (Å²) in [4.78, 5) is 10.6. The van der Waals surface area contributed by atoms with Crippen LogP contribution in [0.1, 0.15) is 66.7 Å². The van der Waals surface area contributed by atoms with Gasteiger partial charge in [-0.25, -0.2) is 0 Å². The van der Waals surface area contributed by atoms with Crippen LogP contribution in [0.15, 0.2) is 11.1 Å². The van der Waals surface area contributed by atoms with Gasteiger partial charge in [-0.05, 0) is 51.4 Å². The normalized spacial score (nSPS) is 20.3. The van der Waals surface area contributed by atoms with E-state index in [4.69, 9.17) is 4.74 Å². The Morgan fingerprint density at radius 3 is 2.71 bits per heavy atom. The van der Waals surface area contributed by atoms with E-state index < -0.39 is 5.60 Å². The van der Waals surface area contributed by atoms with Gasteiger partial charge in [-0.3, -0.25) is 4.79 Å². The number of rotatable bonds is 4. The van der Waals surface area contributed by atoms with E-state index in [1.165, 1.54) is 37.3 Å². The highest BCUT2D eigenvalue weighted by Gasteiger charge is 2.29. The van der Waals surface area contributed by atoms with Gasteiger partial charge >= 0.3 is 5.97 Å². The van der Waals surface area contributed by atoms with Crippen LogP contribution in [0.25, 0.3) is 0 Å². The van der Waals surface area contributed by atoms with Crippen LogP contribution in [-0.4, -0.2) is 23.3 Å². The van der Waals surface area contributed by atoms with Gasteiger partial charge in [-0.2, -0.15) is 0 Å². The second-order valence-corrected chi connectivity index (χ2v) is 6.85. The number of hydrogen-bond acceptors (Lipinski definition) is 3. The largest absolute Gasteiger partial charge is 0.453 e. The summed E-state index contributed by atoms with van der Waals surface area (Å²) in [7, 11) is 0. The Morgan fingerprint density at radius 2 is 2.14 bits per heavy atom. The van der Waals surface area contributed by atoms with E-state index in [9.17, 15) is 9.90 Å². The quantitative estimate of drug-likeness (QED) is 0.489. The molecule has 0 aromatic carbocycles. The Hall–Kier alpha value is -1.27. The molecule has 0 bridgehead atoms. The molecule has 0 radical (unpaired) electrons. The van der Waals surface area contributed by atoms with Crippen molar-refractivity contribution in [3.8, 4) is 11.8 Å². The topological polar surface area (TPSA) is 46.5 Å². The van der Waals surface area contributed by atoms with E-state index in [-0.39, 0.29) is 18.0 Å². The molecule has 0 amide bonds. The number of aliphatic hydroxyl groups is 1. The van der Waals surface area contributed by atoms with Crippen LogP contribution < -0.4 is 0 Å². The fourth-order valence-electron chi connectivity index (χ4n) is 3.02. The SMILES string of the molecule is CC(=O)OCC#CC(C)(O)CCC1=C(C)CCCC1(C)C. The van der Waals surface area contributed by atoms with E-state index in [0.29, 0.717) is 6.42 Å². The molecule has 0 aromatic rings. The summed E-state index contributed by atoms with van der Waals surface area (Å²) in [5.41, 5.74) is 2.12. The molecule has 118 valence electrons. The van der Waals surface area contributed by atoms with Crippen molar-refractivity contribution in [2.24, 2.45) is 5.41 Å². The standard InChI is InChI=1S/C18H28O3/c1-14-8-6-10-17(3,4)16(14)9-12-18(5,20)11-7-13-21-15(2)19/h20H,6,8-10,12-13H2,1-5H3. The van der Waals surface area contributed by atoms with Crippen molar-refractivity contribution < 1.29 is 14.6 Å². The molecule has 0 spiro atoms. The van der Waals surface area contributed by atoms with Crippen LogP contribution in [0.3, 0.4) is 0 Å². The molecule has 3 heteroatoms. The first kappa shape index (κ1) is 17.8. The number of allylic oxidation sites excluding steroid dienone is 2. The van der Waals surface area contributed by atoms with Crippen LogP contribution >= 0.6 is 0 Å². The lowest BCUT2D eigenvalue weighted by molar-refractivity contribution is -0.139. The summed E-state index contributed by atoms with van der Waals surface area (Å²) >= 11 is 0. The second-order valence-electron chi connectivity index (χ2n) is 6.85. The van der Waals surface area contributed by atoms with Crippen molar-refractivity contribution in [2.75, 3.05) is 6.61 Å². The molecule has 1 aliphatic carbocycles. The van der Waals surface area contributed by atoms with Gasteiger partial charge in [0.2, 0.25) is 0 Å². The van der Waals surface area contributed by atoms with Crippen LogP contribution in [0.2, 0.25) is 0 Å². The zero-order chi connectivity index (χ0) is 16.1. The molecule has 1 N–H and O–H groups in total. The summed E-state index contributed by atoms with van der Waals surface area (Å²) in [5, 5.41) is 10.3. The van der Waals surface area contributed by atoms with Gasteiger partial charge in [0.05, 0.1) is 0 Å². The van der Waals surface area contributed by atoms with E-state index in [0.717, 1.165) is 6.42 Å². The lowest BCUT2D eigenvalue weighted by atomic mass is 9.70. The Labute approximate surface area is 128 Å². The van der Waals surface area contributed by atoms with Crippen LogP contribution in [0, 0.1) is 17.3 Å². The monoisotopic (exact) mass is 292 g/mol. The molecule has 1 unspecified atom stereocenters. The predicted molar refractivity (Wildman–Crippen MR) is 84.6 cm³/mol. The van der Waals surface area contributed by atoms with Crippen molar-refractivity contribution in [2.45, 2.75) is 72.3 Å². The second kappa shape index (κ2) is 7.13. The van der Waals surface area contributed by atoms with Gasteiger partial charge in [-0.1, -0.05) is 36.8 Å². The lowest BCUT2D eigenvalue weighted by Crippen LogP contribution is -2.26. The summed E-state index contributed by atoms with van der Waals surface area (Å²) in [5.74, 6) is 5.17. The molecule has 0 heterocycles. The zero-order valence-corrected chi connectivity index (χ0v) is 14.0. The first-order chi connectivity index (χ1) is 9.64. The maximum absolute atomic E-state index is 10.6. The number of hydrogen-bond donors (Lipinski definition) is 1. The summed E-state index contributed by atoms with van der Waals surface area (Å²) < 4.78 is 4.75. The van der Waals surface area contributed by atoms with Gasteiger partial charge in [0.25, 0.3) is 0 Å². The zero-order valence-electron chi connectivity index (χ0n) is 14.0. The van der Waals surface area contributed by atoms with Crippen LogP contribution in [0.5, 0.6) is 0 Å². The summed E-state index contributed by atoms with van der Waals surface area (Å²) in [6.07, 6.45) is 5.10. The van der Waals surface area contributed by atoms with Crippen molar-refractivity contribution in [1.82, 2.24) is 0 Å². The highest BCUT2D eigenvalue weighted by molar-refractivity contribution is 5.66. The van der Waals surface area contributed by atoms with Crippen molar-refractivity contribution >= 4 is 5.97 Å². The number of ether oxygens (including phenoxy) is 1. The van der Waals surface area contributed by atoms with E-state index in [1.54, 1.807) is 6.92 Å².